The fourth-order valence-electron chi connectivity index (χ4n) is 3.19. The van der Waals surface area contributed by atoms with Gasteiger partial charge in [0.2, 0.25) is 11.8 Å². The molecule has 1 aliphatic heterocycles. The van der Waals surface area contributed by atoms with Gasteiger partial charge in [-0.2, -0.15) is 0 Å². The summed E-state index contributed by atoms with van der Waals surface area (Å²) < 4.78 is 0. The molecular weight excluding hydrogens is 362 g/mol. The van der Waals surface area contributed by atoms with E-state index in [-0.39, 0.29) is 17.5 Å². The van der Waals surface area contributed by atoms with Crippen LogP contribution in [-0.4, -0.2) is 71.8 Å². The molecule has 1 heterocycles. The zero-order valence-electron chi connectivity index (χ0n) is 15.9. The van der Waals surface area contributed by atoms with Crippen LogP contribution in [0.1, 0.15) is 25.7 Å². The van der Waals surface area contributed by atoms with Crippen molar-refractivity contribution < 1.29 is 14.5 Å². The smallest absolute Gasteiger partial charge is 0.269 e. The number of nitro benzene ring substituents is 1. The highest BCUT2D eigenvalue weighted by Gasteiger charge is 2.26. The highest BCUT2D eigenvalue weighted by molar-refractivity contribution is 5.79. The summed E-state index contributed by atoms with van der Waals surface area (Å²) in [6.07, 6.45) is 3.34. The second-order valence-electron chi connectivity index (χ2n) is 7.33. The fourth-order valence-corrected chi connectivity index (χ4v) is 3.19. The van der Waals surface area contributed by atoms with Crippen LogP contribution in [-0.2, 0) is 9.59 Å². The molecule has 9 heteroatoms. The van der Waals surface area contributed by atoms with Crippen LogP contribution in [0.2, 0.25) is 0 Å². The van der Waals surface area contributed by atoms with Crippen LogP contribution in [0.15, 0.2) is 24.3 Å². The molecule has 2 amide bonds. The number of nitrogens with one attached hydrogen (secondary N) is 2. The molecule has 0 radical (unpaired) electrons. The zero-order chi connectivity index (χ0) is 19.9. The van der Waals surface area contributed by atoms with Crippen LogP contribution < -0.4 is 10.6 Å². The van der Waals surface area contributed by atoms with E-state index in [1.54, 1.807) is 12.1 Å². The number of nitro groups is 1. The number of anilines is 1. The summed E-state index contributed by atoms with van der Waals surface area (Å²) in [6.45, 7) is 3.81. The first-order valence-corrected chi connectivity index (χ1v) is 9.79. The normalized spacial score (nSPS) is 17.2. The molecule has 3 rings (SSSR count). The van der Waals surface area contributed by atoms with Gasteiger partial charge in [0.25, 0.3) is 5.69 Å². The monoisotopic (exact) mass is 389 g/mol. The van der Waals surface area contributed by atoms with Crippen LogP contribution in [0.25, 0.3) is 0 Å². The van der Waals surface area contributed by atoms with E-state index in [4.69, 9.17) is 0 Å². The Bertz CT molecular complexity index is 697. The van der Waals surface area contributed by atoms with E-state index in [0.29, 0.717) is 45.1 Å². The number of amides is 2. The molecule has 0 aromatic heterocycles. The quantitative estimate of drug-likeness (QED) is 0.373. The number of non-ortho nitro benzene ring substituents is 1. The maximum Gasteiger partial charge on any atom is 0.269 e. The number of hydrogen-bond acceptors (Lipinski definition) is 6. The topological polar surface area (TPSA) is 108 Å². The van der Waals surface area contributed by atoms with Gasteiger partial charge < -0.3 is 15.5 Å². The maximum atomic E-state index is 12.3. The average molecular weight is 389 g/mol. The Labute approximate surface area is 164 Å². The standard InChI is InChI=1S/C19H27N5O4/c25-18(21-16-3-4-16)14-22-10-12-23(13-11-22)19(26)2-1-9-20-15-5-7-17(8-6-15)24(27)28/h5-8,16,20H,1-4,9-14H2,(H,21,25). The first-order valence-electron chi connectivity index (χ1n) is 9.79. The van der Waals surface area contributed by atoms with Crippen molar-refractivity contribution in [3.05, 3.63) is 34.4 Å². The molecular formula is C19H27N5O4. The number of piperazine rings is 1. The van der Waals surface area contributed by atoms with E-state index in [0.717, 1.165) is 31.6 Å². The lowest BCUT2D eigenvalue weighted by atomic mass is 10.2. The molecule has 152 valence electrons. The van der Waals surface area contributed by atoms with Gasteiger partial charge in [0.15, 0.2) is 0 Å². The van der Waals surface area contributed by atoms with Crippen LogP contribution in [0, 0.1) is 10.1 Å². The van der Waals surface area contributed by atoms with E-state index >= 15 is 0 Å². The number of benzene rings is 1. The van der Waals surface area contributed by atoms with E-state index in [9.17, 15) is 19.7 Å². The Hall–Kier alpha value is -2.68. The lowest BCUT2D eigenvalue weighted by Crippen LogP contribution is -2.51. The lowest BCUT2D eigenvalue weighted by Gasteiger charge is -2.34. The lowest BCUT2D eigenvalue weighted by molar-refractivity contribution is -0.384. The van der Waals surface area contributed by atoms with Crippen molar-refractivity contribution in [1.82, 2.24) is 15.1 Å². The van der Waals surface area contributed by atoms with Gasteiger partial charge in [-0.05, 0) is 31.4 Å². The van der Waals surface area contributed by atoms with Crippen molar-refractivity contribution in [2.45, 2.75) is 31.7 Å². The van der Waals surface area contributed by atoms with Crippen molar-refractivity contribution in [2.24, 2.45) is 0 Å². The summed E-state index contributed by atoms with van der Waals surface area (Å²) in [7, 11) is 0. The molecule has 0 atom stereocenters. The van der Waals surface area contributed by atoms with Gasteiger partial charge in [0.1, 0.15) is 0 Å². The van der Waals surface area contributed by atoms with Gasteiger partial charge in [-0.1, -0.05) is 0 Å². The molecule has 0 bridgehead atoms. The van der Waals surface area contributed by atoms with Gasteiger partial charge in [-0.15, -0.1) is 0 Å². The summed E-state index contributed by atoms with van der Waals surface area (Å²) in [4.78, 5) is 38.3. The third-order valence-electron chi connectivity index (χ3n) is 5.01. The van der Waals surface area contributed by atoms with Gasteiger partial charge in [-0.25, -0.2) is 0 Å². The second kappa shape index (κ2) is 9.50. The largest absolute Gasteiger partial charge is 0.385 e. The number of nitrogens with zero attached hydrogens (tertiary/aromatic N) is 3. The second-order valence-corrected chi connectivity index (χ2v) is 7.33. The summed E-state index contributed by atoms with van der Waals surface area (Å²) in [5.41, 5.74) is 0.862. The van der Waals surface area contributed by atoms with Crippen LogP contribution >= 0.6 is 0 Å². The Kier molecular flexibility index (Phi) is 6.80. The van der Waals surface area contributed by atoms with Crippen LogP contribution in [0.5, 0.6) is 0 Å². The fraction of sp³-hybridized carbons (Fsp3) is 0.579. The van der Waals surface area contributed by atoms with E-state index in [1.807, 2.05) is 4.90 Å². The van der Waals surface area contributed by atoms with Gasteiger partial charge >= 0.3 is 0 Å². The first kappa shape index (κ1) is 20.1. The number of carbonyl (C=O) groups is 2. The van der Waals surface area contributed by atoms with E-state index in [2.05, 4.69) is 15.5 Å². The minimum absolute atomic E-state index is 0.0601. The van der Waals surface area contributed by atoms with Crippen LogP contribution in [0.3, 0.4) is 0 Å². The highest BCUT2D eigenvalue weighted by atomic mass is 16.6. The Morgan fingerprint density at radius 1 is 1.11 bits per heavy atom. The predicted molar refractivity (Wildman–Crippen MR) is 105 cm³/mol. The summed E-state index contributed by atoms with van der Waals surface area (Å²) in [5, 5.41) is 16.8. The van der Waals surface area contributed by atoms with Gasteiger partial charge in [0, 0.05) is 63.0 Å². The van der Waals surface area contributed by atoms with E-state index in [1.165, 1.54) is 12.1 Å². The minimum Gasteiger partial charge on any atom is -0.385 e. The molecule has 0 unspecified atom stereocenters. The molecule has 2 N–H and O–H groups in total. The molecule has 1 aromatic carbocycles. The zero-order valence-corrected chi connectivity index (χ0v) is 15.9. The Morgan fingerprint density at radius 2 is 1.79 bits per heavy atom. The van der Waals surface area contributed by atoms with E-state index < -0.39 is 4.92 Å². The summed E-state index contributed by atoms with van der Waals surface area (Å²) in [6, 6.07) is 6.63. The summed E-state index contributed by atoms with van der Waals surface area (Å²) in [5.74, 6) is 0.215. The van der Waals surface area contributed by atoms with Crippen molar-refractivity contribution in [1.29, 1.82) is 0 Å². The molecule has 0 spiro atoms. The SMILES string of the molecule is O=C(CN1CCN(C(=O)CCCNc2ccc([N+](=O)[O-])cc2)CC1)NC1CC1. The Morgan fingerprint density at radius 3 is 2.39 bits per heavy atom. The predicted octanol–water partition coefficient (Wildman–Crippen LogP) is 1.21. The Balaban J connectivity index is 1.29. The molecule has 1 aliphatic carbocycles. The summed E-state index contributed by atoms with van der Waals surface area (Å²) >= 11 is 0. The van der Waals surface area contributed by atoms with Crippen molar-refractivity contribution >= 4 is 23.2 Å². The number of hydrogen-bond donors (Lipinski definition) is 2. The van der Waals surface area contributed by atoms with Gasteiger partial charge in [-0.3, -0.25) is 24.6 Å². The molecule has 1 saturated heterocycles. The first-order chi connectivity index (χ1) is 13.5. The maximum absolute atomic E-state index is 12.3. The molecule has 2 fully saturated rings. The molecule has 1 saturated carbocycles. The third-order valence-corrected chi connectivity index (χ3v) is 5.01. The number of rotatable bonds is 9. The van der Waals surface area contributed by atoms with Crippen molar-refractivity contribution in [2.75, 3.05) is 44.6 Å². The average Bonchev–Trinajstić information content (AvgIpc) is 3.50. The van der Waals surface area contributed by atoms with Crippen LogP contribution in [0.4, 0.5) is 11.4 Å². The van der Waals surface area contributed by atoms with Gasteiger partial charge in [0.05, 0.1) is 11.5 Å². The molecule has 9 nitrogen and oxygen atoms in total. The minimum atomic E-state index is -0.429. The number of carbonyl (C=O) groups excluding carboxylic acids is 2. The molecule has 28 heavy (non-hydrogen) atoms. The van der Waals surface area contributed by atoms with Crippen molar-refractivity contribution in [3.63, 3.8) is 0 Å². The third kappa shape index (κ3) is 6.19. The molecule has 2 aliphatic rings. The highest BCUT2D eigenvalue weighted by Crippen LogP contribution is 2.18. The molecule has 1 aromatic rings. The van der Waals surface area contributed by atoms with Crippen molar-refractivity contribution in [3.8, 4) is 0 Å².